The van der Waals surface area contributed by atoms with Gasteiger partial charge in [-0.15, -0.1) is 0 Å². The molecule has 0 saturated carbocycles. The molecule has 0 aromatic heterocycles. The predicted octanol–water partition coefficient (Wildman–Crippen LogP) is 1.66. The highest BCUT2D eigenvalue weighted by Gasteiger charge is 2.13. The molecule has 9 heteroatoms. The van der Waals surface area contributed by atoms with Gasteiger partial charge in [0.15, 0.2) is 18.1 Å². The quantitative estimate of drug-likeness (QED) is 0.460. The lowest BCUT2D eigenvalue weighted by Crippen LogP contribution is -2.36. The average Bonchev–Trinajstić information content (AvgIpc) is 2.80. The van der Waals surface area contributed by atoms with Crippen molar-refractivity contribution in [2.24, 2.45) is 0 Å². The van der Waals surface area contributed by atoms with Crippen LogP contribution < -0.4 is 30.2 Å². The average molecular weight is 444 g/mol. The van der Waals surface area contributed by atoms with Crippen LogP contribution in [-0.2, 0) is 16.1 Å². The number of hydrogen-bond acceptors (Lipinski definition) is 6. The second-order valence-corrected chi connectivity index (χ2v) is 6.62. The van der Waals surface area contributed by atoms with Crippen LogP contribution in [0.25, 0.3) is 0 Å². The molecule has 3 amide bonds. The number of hydrogen-bond donors (Lipinski definition) is 3. The molecular weight excluding hydrogens is 414 g/mol. The Morgan fingerprint density at radius 2 is 1.62 bits per heavy atom. The van der Waals surface area contributed by atoms with Crippen LogP contribution in [0.3, 0.4) is 0 Å². The first-order chi connectivity index (χ1) is 15.5. The molecule has 0 aliphatic heterocycles. The molecule has 0 unspecified atom stereocenters. The molecule has 0 atom stereocenters. The number of benzene rings is 2. The maximum Gasteiger partial charge on any atom is 0.257 e. The molecule has 172 valence electrons. The minimum Gasteiger partial charge on any atom is -0.493 e. The van der Waals surface area contributed by atoms with Gasteiger partial charge >= 0.3 is 0 Å². The number of rotatable bonds is 12. The molecule has 0 radical (unpaired) electrons. The van der Waals surface area contributed by atoms with E-state index in [1.165, 1.54) is 7.11 Å². The fourth-order valence-electron chi connectivity index (χ4n) is 2.79. The summed E-state index contributed by atoms with van der Waals surface area (Å²) in [6.45, 7) is 4.56. The lowest BCUT2D eigenvalue weighted by atomic mass is 10.2. The SMILES string of the molecule is CCNC(=O)COc1ccc(CNC(=O)CNC(=O)c2ccccc2OCC)cc1OC. The van der Waals surface area contributed by atoms with Gasteiger partial charge in [-0.3, -0.25) is 14.4 Å². The van der Waals surface area contributed by atoms with Gasteiger partial charge in [0.1, 0.15) is 5.75 Å². The molecule has 32 heavy (non-hydrogen) atoms. The van der Waals surface area contributed by atoms with Gasteiger partial charge in [0.05, 0.1) is 25.8 Å². The van der Waals surface area contributed by atoms with Crippen molar-refractivity contribution in [1.29, 1.82) is 0 Å². The second kappa shape index (κ2) is 12.8. The number of para-hydroxylation sites is 1. The van der Waals surface area contributed by atoms with E-state index in [0.29, 0.717) is 36.0 Å². The zero-order valence-corrected chi connectivity index (χ0v) is 18.5. The highest BCUT2D eigenvalue weighted by Crippen LogP contribution is 2.28. The minimum atomic E-state index is -0.389. The van der Waals surface area contributed by atoms with Crippen molar-refractivity contribution in [1.82, 2.24) is 16.0 Å². The maximum absolute atomic E-state index is 12.4. The standard InChI is InChI=1S/C23H29N3O6/c1-4-24-22(28)15-32-19-11-10-16(12-20(19)30-3)13-25-21(27)14-26-23(29)17-8-6-7-9-18(17)31-5-2/h6-12H,4-5,13-15H2,1-3H3,(H,24,28)(H,25,27)(H,26,29). The predicted molar refractivity (Wildman–Crippen MR) is 119 cm³/mol. The summed E-state index contributed by atoms with van der Waals surface area (Å²) in [5.41, 5.74) is 1.14. The number of nitrogens with one attached hydrogen (secondary N) is 3. The molecule has 0 heterocycles. The minimum absolute atomic E-state index is 0.119. The number of ether oxygens (including phenoxy) is 3. The summed E-state index contributed by atoms with van der Waals surface area (Å²) in [6.07, 6.45) is 0. The largest absolute Gasteiger partial charge is 0.493 e. The molecule has 0 bridgehead atoms. The van der Waals surface area contributed by atoms with Crippen LogP contribution in [0.1, 0.15) is 29.8 Å². The van der Waals surface area contributed by atoms with Crippen molar-refractivity contribution < 1.29 is 28.6 Å². The van der Waals surface area contributed by atoms with Gasteiger partial charge in [-0.2, -0.15) is 0 Å². The van der Waals surface area contributed by atoms with Crippen molar-refractivity contribution in [3.63, 3.8) is 0 Å². The van der Waals surface area contributed by atoms with Crippen molar-refractivity contribution in [2.45, 2.75) is 20.4 Å². The molecule has 2 aromatic carbocycles. The zero-order valence-electron chi connectivity index (χ0n) is 18.5. The monoisotopic (exact) mass is 443 g/mol. The second-order valence-electron chi connectivity index (χ2n) is 6.62. The first-order valence-corrected chi connectivity index (χ1v) is 10.3. The fourth-order valence-corrected chi connectivity index (χ4v) is 2.79. The van der Waals surface area contributed by atoms with Crippen LogP contribution in [0.15, 0.2) is 42.5 Å². The van der Waals surface area contributed by atoms with Crippen molar-refractivity contribution >= 4 is 17.7 Å². The van der Waals surface area contributed by atoms with Crippen LogP contribution in [0, 0.1) is 0 Å². The van der Waals surface area contributed by atoms with E-state index in [9.17, 15) is 14.4 Å². The van der Waals surface area contributed by atoms with E-state index in [1.54, 1.807) is 42.5 Å². The highest BCUT2D eigenvalue weighted by molar-refractivity contribution is 5.98. The van der Waals surface area contributed by atoms with Gasteiger partial charge in [0.25, 0.3) is 11.8 Å². The third-order valence-electron chi connectivity index (χ3n) is 4.29. The van der Waals surface area contributed by atoms with Gasteiger partial charge < -0.3 is 30.2 Å². The van der Waals surface area contributed by atoms with Gasteiger partial charge in [0, 0.05) is 13.1 Å². The summed E-state index contributed by atoms with van der Waals surface area (Å²) < 4.78 is 16.2. The molecule has 2 rings (SSSR count). The Morgan fingerprint density at radius 1 is 0.844 bits per heavy atom. The summed E-state index contributed by atoms with van der Waals surface area (Å²) >= 11 is 0. The molecule has 0 fully saturated rings. The smallest absolute Gasteiger partial charge is 0.257 e. The maximum atomic E-state index is 12.4. The lowest BCUT2D eigenvalue weighted by Gasteiger charge is -2.13. The Balaban J connectivity index is 1.86. The van der Waals surface area contributed by atoms with Gasteiger partial charge in [-0.05, 0) is 43.7 Å². The Bertz CT molecular complexity index is 932. The van der Waals surface area contributed by atoms with Crippen LogP contribution in [0.2, 0.25) is 0 Å². The number of carbonyl (C=O) groups is 3. The number of amides is 3. The Kier molecular flexibility index (Phi) is 9.83. The topological polar surface area (TPSA) is 115 Å². The molecular formula is C23H29N3O6. The van der Waals surface area contributed by atoms with Gasteiger partial charge in [-0.25, -0.2) is 0 Å². The fraction of sp³-hybridized carbons (Fsp3) is 0.348. The van der Waals surface area contributed by atoms with Crippen LogP contribution in [-0.4, -0.2) is 51.1 Å². The van der Waals surface area contributed by atoms with E-state index < -0.39 is 0 Å². The molecule has 3 N–H and O–H groups in total. The molecule has 2 aromatic rings. The Morgan fingerprint density at radius 3 is 2.34 bits per heavy atom. The summed E-state index contributed by atoms with van der Waals surface area (Å²) in [5, 5.41) is 7.98. The lowest BCUT2D eigenvalue weighted by molar-refractivity contribution is -0.123. The first-order valence-electron chi connectivity index (χ1n) is 10.3. The highest BCUT2D eigenvalue weighted by atomic mass is 16.5. The summed E-state index contributed by atoms with van der Waals surface area (Å²) in [4.78, 5) is 36.1. The number of likely N-dealkylation sites (N-methyl/N-ethyl adjacent to an activating group) is 1. The third kappa shape index (κ3) is 7.50. The van der Waals surface area contributed by atoms with E-state index in [2.05, 4.69) is 16.0 Å². The summed E-state index contributed by atoms with van der Waals surface area (Å²) in [6, 6.07) is 12.0. The van der Waals surface area contributed by atoms with E-state index in [-0.39, 0.29) is 37.4 Å². The third-order valence-corrected chi connectivity index (χ3v) is 4.29. The van der Waals surface area contributed by atoms with E-state index >= 15 is 0 Å². The summed E-state index contributed by atoms with van der Waals surface area (Å²) in [5.74, 6) is 0.379. The van der Waals surface area contributed by atoms with Crippen LogP contribution in [0.4, 0.5) is 0 Å². The number of carbonyl (C=O) groups excluding carboxylic acids is 3. The van der Waals surface area contributed by atoms with E-state index in [1.807, 2.05) is 13.8 Å². The molecule has 9 nitrogen and oxygen atoms in total. The molecule has 0 aliphatic rings. The van der Waals surface area contributed by atoms with Crippen LogP contribution >= 0.6 is 0 Å². The normalized spacial score (nSPS) is 10.1. The Hall–Kier alpha value is -3.75. The molecule has 0 aliphatic carbocycles. The van der Waals surface area contributed by atoms with Crippen molar-refractivity contribution in [3.8, 4) is 17.2 Å². The van der Waals surface area contributed by atoms with Gasteiger partial charge in [-0.1, -0.05) is 18.2 Å². The van der Waals surface area contributed by atoms with Gasteiger partial charge in [0.2, 0.25) is 5.91 Å². The zero-order chi connectivity index (χ0) is 23.3. The van der Waals surface area contributed by atoms with Crippen molar-refractivity contribution in [3.05, 3.63) is 53.6 Å². The molecule has 0 spiro atoms. The van der Waals surface area contributed by atoms with Crippen LogP contribution in [0.5, 0.6) is 17.2 Å². The Labute approximate surface area is 187 Å². The van der Waals surface area contributed by atoms with E-state index in [4.69, 9.17) is 14.2 Å². The van der Waals surface area contributed by atoms with E-state index in [0.717, 1.165) is 5.56 Å². The van der Waals surface area contributed by atoms with Crippen molar-refractivity contribution in [2.75, 3.05) is 33.4 Å². The summed E-state index contributed by atoms with van der Waals surface area (Å²) in [7, 11) is 1.49. The molecule has 0 saturated heterocycles. The first kappa shape index (κ1) is 24.5. The number of methoxy groups -OCH3 is 1.